The molecule has 2 aliphatic rings. The van der Waals surface area contributed by atoms with Crippen LogP contribution in [0.4, 0.5) is 0 Å². The molecule has 1 amide bonds. The number of likely N-dealkylation sites (N-methyl/N-ethyl adjacent to an activating group) is 1. The quantitative estimate of drug-likeness (QED) is 0.793. The highest BCUT2D eigenvalue weighted by atomic mass is 35.5. The van der Waals surface area contributed by atoms with Crippen LogP contribution in [0.2, 0.25) is 5.02 Å². The van der Waals surface area contributed by atoms with Gasteiger partial charge in [-0.15, -0.1) is 0 Å². The number of nitrogens with one attached hydrogen (secondary N) is 1. The van der Waals surface area contributed by atoms with E-state index in [0.29, 0.717) is 23.4 Å². The first-order chi connectivity index (χ1) is 14.0. The van der Waals surface area contributed by atoms with Gasteiger partial charge in [-0.3, -0.25) is 9.89 Å². The zero-order chi connectivity index (χ0) is 20.4. The van der Waals surface area contributed by atoms with E-state index in [1.165, 1.54) is 45.2 Å². The predicted molar refractivity (Wildman–Crippen MR) is 117 cm³/mol. The minimum absolute atomic E-state index is 0.164. The van der Waals surface area contributed by atoms with Crippen molar-refractivity contribution < 1.29 is 4.79 Å². The fourth-order valence-corrected chi connectivity index (χ4v) is 5.17. The number of rotatable bonds is 5. The normalized spacial score (nSPS) is 22.3. The molecule has 0 saturated carbocycles. The summed E-state index contributed by atoms with van der Waals surface area (Å²) in [6, 6.07) is 8.29. The van der Waals surface area contributed by atoms with Crippen LogP contribution in [0.3, 0.4) is 0 Å². The molecule has 2 fully saturated rings. The van der Waals surface area contributed by atoms with Crippen LogP contribution in [0.25, 0.3) is 11.3 Å². The molecule has 2 aliphatic heterocycles. The molecule has 3 heterocycles. The van der Waals surface area contributed by atoms with Gasteiger partial charge in [-0.25, -0.2) is 0 Å². The average molecular weight is 415 g/mol. The lowest BCUT2D eigenvalue weighted by Crippen LogP contribution is -2.51. The van der Waals surface area contributed by atoms with E-state index in [0.717, 1.165) is 29.1 Å². The Morgan fingerprint density at radius 1 is 1.21 bits per heavy atom. The van der Waals surface area contributed by atoms with Crippen LogP contribution in [0, 0.1) is 12.8 Å². The fourth-order valence-electron chi connectivity index (χ4n) is 5.05. The molecule has 0 aliphatic carbocycles. The van der Waals surface area contributed by atoms with Crippen molar-refractivity contribution in [2.45, 2.75) is 51.5 Å². The molecule has 0 bridgehead atoms. The topological polar surface area (TPSA) is 52.2 Å². The number of fused-ring (bicyclic) bond motifs is 1. The minimum atomic E-state index is 0.164. The van der Waals surface area contributed by atoms with E-state index in [1.54, 1.807) is 0 Å². The first-order valence-electron chi connectivity index (χ1n) is 10.8. The molecule has 1 aromatic heterocycles. The highest BCUT2D eigenvalue weighted by Gasteiger charge is 2.34. The van der Waals surface area contributed by atoms with Gasteiger partial charge < -0.3 is 9.80 Å². The second-order valence-corrected chi connectivity index (χ2v) is 9.07. The number of carbonyl (C=O) groups excluding carboxylic acids is 1. The molecule has 156 valence electrons. The highest BCUT2D eigenvalue weighted by molar-refractivity contribution is 6.30. The van der Waals surface area contributed by atoms with Crippen molar-refractivity contribution >= 4 is 17.5 Å². The lowest BCUT2D eigenvalue weighted by molar-refractivity contribution is -0.130. The summed E-state index contributed by atoms with van der Waals surface area (Å²) in [5.74, 6) is 0.761. The standard InChI is InChI=1S/C23H31ClN4O/c1-16-20(23(26-25-16)17-8-10-19(24)11-9-17)14-22(29)27(2)15-18-6-5-13-28-12-4-3-7-21(18)28/h8-11,18,21H,3-7,12-15H2,1-2H3,(H,25,26)/t18-,21+/m1/s1. The van der Waals surface area contributed by atoms with Gasteiger partial charge >= 0.3 is 0 Å². The van der Waals surface area contributed by atoms with Crippen molar-refractivity contribution in [3.8, 4) is 11.3 Å². The second-order valence-electron chi connectivity index (χ2n) is 8.64. The van der Waals surface area contributed by atoms with Crippen molar-refractivity contribution in [1.82, 2.24) is 20.0 Å². The number of benzene rings is 1. The number of carbonyl (C=O) groups is 1. The Balaban J connectivity index is 1.44. The van der Waals surface area contributed by atoms with Crippen molar-refractivity contribution in [2.24, 2.45) is 5.92 Å². The largest absolute Gasteiger partial charge is 0.345 e. The number of aryl methyl sites for hydroxylation is 1. The number of hydrogen-bond acceptors (Lipinski definition) is 3. The lowest BCUT2D eigenvalue weighted by Gasteiger charge is -2.45. The van der Waals surface area contributed by atoms with Crippen molar-refractivity contribution in [3.63, 3.8) is 0 Å². The van der Waals surface area contributed by atoms with E-state index in [1.807, 2.05) is 43.1 Å². The molecule has 6 heteroatoms. The number of aromatic nitrogens is 2. The Labute approximate surface area is 178 Å². The third-order valence-electron chi connectivity index (χ3n) is 6.68. The van der Waals surface area contributed by atoms with E-state index in [9.17, 15) is 4.79 Å². The van der Waals surface area contributed by atoms with Crippen molar-refractivity contribution in [2.75, 3.05) is 26.7 Å². The van der Waals surface area contributed by atoms with Gasteiger partial charge in [0, 0.05) is 41.5 Å². The van der Waals surface area contributed by atoms with Crippen LogP contribution >= 0.6 is 11.6 Å². The van der Waals surface area contributed by atoms with E-state index < -0.39 is 0 Å². The van der Waals surface area contributed by atoms with E-state index >= 15 is 0 Å². The Bertz CT molecular complexity index is 845. The van der Waals surface area contributed by atoms with Gasteiger partial charge in [0.2, 0.25) is 5.91 Å². The van der Waals surface area contributed by atoms with Crippen molar-refractivity contribution in [1.29, 1.82) is 0 Å². The molecule has 29 heavy (non-hydrogen) atoms. The molecular formula is C23H31ClN4O. The maximum atomic E-state index is 13.1. The molecule has 4 rings (SSSR count). The van der Waals surface area contributed by atoms with Gasteiger partial charge in [0.25, 0.3) is 0 Å². The van der Waals surface area contributed by atoms with Crippen molar-refractivity contribution in [3.05, 3.63) is 40.5 Å². The second kappa shape index (κ2) is 8.88. The zero-order valence-electron chi connectivity index (χ0n) is 17.5. The number of amides is 1. The molecule has 0 spiro atoms. The molecule has 2 atom stereocenters. The molecule has 0 radical (unpaired) electrons. The summed E-state index contributed by atoms with van der Waals surface area (Å²) >= 11 is 6.02. The molecule has 5 nitrogen and oxygen atoms in total. The average Bonchev–Trinajstić information content (AvgIpc) is 3.09. The van der Waals surface area contributed by atoms with E-state index in [-0.39, 0.29) is 5.91 Å². The summed E-state index contributed by atoms with van der Waals surface area (Å²) in [6.07, 6.45) is 6.80. The van der Waals surface area contributed by atoms with Gasteiger partial charge in [0.1, 0.15) is 0 Å². The molecule has 2 saturated heterocycles. The first kappa shape index (κ1) is 20.4. The summed E-state index contributed by atoms with van der Waals surface area (Å²) in [4.78, 5) is 17.7. The Hall–Kier alpha value is -1.85. The maximum Gasteiger partial charge on any atom is 0.226 e. The minimum Gasteiger partial charge on any atom is -0.345 e. The Morgan fingerprint density at radius 3 is 2.76 bits per heavy atom. The molecular weight excluding hydrogens is 384 g/mol. The zero-order valence-corrected chi connectivity index (χ0v) is 18.2. The first-order valence-corrected chi connectivity index (χ1v) is 11.2. The van der Waals surface area contributed by atoms with E-state index in [2.05, 4.69) is 15.1 Å². The van der Waals surface area contributed by atoms with Gasteiger partial charge in [0.15, 0.2) is 0 Å². The number of H-pyrrole nitrogens is 1. The highest BCUT2D eigenvalue weighted by Crippen LogP contribution is 2.31. The maximum absolute atomic E-state index is 13.1. The summed E-state index contributed by atoms with van der Waals surface area (Å²) in [5, 5.41) is 8.20. The van der Waals surface area contributed by atoms with Crippen LogP contribution in [-0.2, 0) is 11.2 Å². The number of hydrogen-bond donors (Lipinski definition) is 1. The summed E-state index contributed by atoms with van der Waals surface area (Å²) in [6.45, 7) is 5.30. The number of piperidine rings is 2. The van der Waals surface area contributed by atoms with Gasteiger partial charge in [-0.1, -0.05) is 30.2 Å². The fraction of sp³-hybridized carbons (Fsp3) is 0.565. The smallest absolute Gasteiger partial charge is 0.226 e. The van der Waals surface area contributed by atoms with Crippen LogP contribution in [0.5, 0.6) is 0 Å². The third kappa shape index (κ3) is 4.51. The third-order valence-corrected chi connectivity index (χ3v) is 6.93. The van der Waals surface area contributed by atoms with Gasteiger partial charge in [-0.05, 0) is 63.7 Å². The molecule has 1 N–H and O–H groups in total. The lowest BCUT2D eigenvalue weighted by atomic mass is 9.83. The van der Waals surface area contributed by atoms with Gasteiger partial charge in [0.05, 0.1) is 12.1 Å². The SMILES string of the molecule is Cc1[nH]nc(-c2ccc(Cl)cc2)c1CC(=O)N(C)C[C@H]1CCCN2CCCC[C@@H]12. The number of nitrogens with zero attached hydrogens (tertiary/aromatic N) is 3. The number of aromatic amines is 1. The molecule has 0 unspecified atom stereocenters. The summed E-state index contributed by atoms with van der Waals surface area (Å²) < 4.78 is 0. The van der Waals surface area contributed by atoms with Gasteiger partial charge in [-0.2, -0.15) is 5.10 Å². The predicted octanol–water partition coefficient (Wildman–Crippen LogP) is 4.30. The molecule has 2 aromatic rings. The monoisotopic (exact) mass is 414 g/mol. The Morgan fingerprint density at radius 2 is 1.97 bits per heavy atom. The van der Waals surface area contributed by atoms with Crippen LogP contribution in [0.15, 0.2) is 24.3 Å². The van der Waals surface area contributed by atoms with E-state index in [4.69, 9.17) is 11.6 Å². The summed E-state index contributed by atoms with van der Waals surface area (Å²) in [7, 11) is 1.96. The Kier molecular flexibility index (Phi) is 6.26. The number of halogens is 1. The molecule has 1 aromatic carbocycles. The summed E-state index contributed by atoms with van der Waals surface area (Å²) in [5.41, 5.74) is 3.76. The van der Waals surface area contributed by atoms with Crippen LogP contribution in [-0.4, -0.2) is 58.6 Å². The van der Waals surface area contributed by atoms with Crippen LogP contribution < -0.4 is 0 Å². The van der Waals surface area contributed by atoms with Crippen LogP contribution in [0.1, 0.15) is 43.4 Å².